The molecule has 0 saturated carbocycles. The van der Waals surface area contributed by atoms with Gasteiger partial charge in [0.25, 0.3) is 0 Å². The van der Waals surface area contributed by atoms with Gasteiger partial charge in [-0.15, -0.1) is 35.3 Å². The summed E-state index contributed by atoms with van der Waals surface area (Å²) in [6.45, 7) is 15.4. The molecule has 6 nitrogen and oxygen atoms in total. The van der Waals surface area contributed by atoms with Crippen LogP contribution in [0.15, 0.2) is 22.5 Å². The van der Waals surface area contributed by atoms with Crippen molar-refractivity contribution >= 4 is 41.3 Å². The highest BCUT2D eigenvalue weighted by molar-refractivity contribution is 14.0. The second-order valence-corrected chi connectivity index (χ2v) is 8.66. The van der Waals surface area contributed by atoms with E-state index in [0.29, 0.717) is 12.0 Å². The number of nitrogens with one attached hydrogen (secondary N) is 2. The third kappa shape index (κ3) is 10.4. The normalized spacial score (nSPS) is 19.1. The SMILES string of the molecule is CCNC(=NCC(c1cccs1)N1CCOC(C)C1)NCCCOCC(C)C.I. The van der Waals surface area contributed by atoms with E-state index in [-0.39, 0.29) is 30.1 Å². The van der Waals surface area contributed by atoms with Crippen molar-refractivity contribution < 1.29 is 9.47 Å². The molecule has 1 saturated heterocycles. The Kier molecular flexibility index (Phi) is 14.1. The summed E-state index contributed by atoms with van der Waals surface area (Å²) < 4.78 is 11.4. The van der Waals surface area contributed by atoms with Crippen LogP contribution >= 0.6 is 35.3 Å². The molecule has 0 radical (unpaired) electrons. The number of hydrogen-bond donors (Lipinski definition) is 2. The summed E-state index contributed by atoms with van der Waals surface area (Å²) in [6.07, 6.45) is 1.25. The lowest BCUT2D eigenvalue weighted by molar-refractivity contribution is -0.0327. The van der Waals surface area contributed by atoms with Crippen molar-refractivity contribution in [2.45, 2.75) is 46.3 Å². The Hall–Kier alpha value is -0.420. The molecule has 1 aromatic rings. The average Bonchev–Trinajstić information content (AvgIpc) is 3.19. The second-order valence-electron chi connectivity index (χ2n) is 7.68. The smallest absolute Gasteiger partial charge is 0.191 e. The standard InChI is InChI=1S/C21H38N4O2S.HI/c1-5-22-21(23-9-7-11-26-16-17(2)3)24-14-19(20-8-6-13-28-20)25-10-12-27-18(4)15-25;/h6,8,13,17-19H,5,7,9-12,14-16H2,1-4H3,(H2,22,23,24);1H. The minimum Gasteiger partial charge on any atom is -0.381 e. The zero-order valence-electron chi connectivity index (χ0n) is 18.4. The lowest BCUT2D eigenvalue weighted by Crippen LogP contribution is -2.44. The van der Waals surface area contributed by atoms with Crippen LogP contribution in [0.1, 0.15) is 45.0 Å². The molecule has 1 aliphatic rings. The van der Waals surface area contributed by atoms with Gasteiger partial charge in [0.2, 0.25) is 0 Å². The van der Waals surface area contributed by atoms with Gasteiger partial charge in [0.15, 0.2) is 5.96 Å². The molecule has 0 aromatic carbocycles. The van der Waals surface area contributed by atoms with E-state index in [4.69, 9.17) is 14.5 Å². The van der Waals surface area contributed by atoms with Gasteiger partial charge in [0.05, 0.1) is 25.3 Å². The molecule has 2 rings (SSSR count). The molecule has 0 bridgehead atoms. The number of hydrogen-bond acceptors (Lipinski definition) is 5. The first-order valence-electron chi connectivity index (χ1n) is 10.6. The second kappa shape index (κ2) is 15.4. The molecule has 1 aliphatic heterocycles. The maximum atomic E-state index is 5.73. The molecular formula is C21H39IN4O2S. The van der Waals surface area contributed by atoms with E-state index in [9.17, 15) is 0 Å². The summed E-state index contributed by atoms with van der Waals surface area (Å²) in [7, 11) is 0. The molecule has 2 atom stereocenters. The fourth-order valence-electron chi connectivity index (χ4n) is 3.21. The summed E-state index contributed by atoms with van der Waals surface area (Å²) in [6, 6.07) is 4.65. The largest absolute Gasteiger partial charge is 0.381 e. The number of rotatable bonds is 11. The molecule has 2 heterocycles. The first-order valence-corrected chi connectivity index (χ1v) is 11.5. The van der Waals surface area contributed by atoms with E-state index in [1.807, 2.05) is 11.3 Å². The number of halogens is 1. The molecule has 1 aromatic heterocycles. The van der Waals surface area contributed by atoms with Gasteiger partial charge < -0.3 is 20.1 Å². The van der Waals surface area contributed by atoms with Gasteiger partial charge in [-0.3, -0.25) is 9.89 Å². The highest BCUT2D eigenvalue weighted by Crippen LogP contribution is 2.27. The summed E-state index contributed by atoms with van der Waals surface area (Å²) in [4.78, 5) is 8.77. The molecular weight excluding hydrogens is 499 g/mol. The van der Waals surface area contributed by atoms with Gasteiger partial charge in [-0.05, 0) is 37.6 Å². The van der Waals surface area contributed by atoms with Crippen molar-refractivity contribution in [3.63, 3.8) is 0 Å². The van der Waals surface area contributed by atoms with Crippen molar-refractivity contribution in [1.82, 2.24) is 15.5 Å². The molecule has 168 valence electrons. The van der Waals surface area contributed by atoms with Crippen LogP contribution in [0.2, 0.25) is 0 Å². The van der Waals surface area contributed by atoms with E-state index in [1.165, 1.54) is 4.88 Å². The van der Waals surface area contributed by atoms with Gasteiger partial charge in [-0.1, -0.05) is 19.9 Å². The number of aliphatic imine (C=N–C) groups is 1. The summed E-state index contributed by atoms with van der Waals surface area (Å²) in [5, 5.41) is 8.95. The summed E-state index contributed by atoms with van der Waals surface area (Å²) >= 11 is 1.81. The Morgan fingerprint density at radius 2 is 2.24 bits per heavy atom. The zero-order chi connectivity index (χ0) is 20.2. The first-order chi connectivity index (χ1) is 13.6. The number of thiophene rings is 1. The average molecular weight is 539 g/mol. The first kappa shape index (κ1) is 26.6. The molecule has 2 N–H and O–H groups in total. The third-order valence-electron chi connectivity index (χ3n) is 4.56. The summed E-state index contributed by atoms with van der Waals surface area (Å²) in [5.74, 6) is 1.47. The lowest BCUT2D eigenvalue weighted by atomic mass is 10.1. The topological polar surface area (TPSA) is 58.1 Å². The maximum Gasteiger partial charge on any atom is 0.191 e. The Morgan fingerprint density at radius 1 is 1.41 bits per heavy atom. The predicted octanol–water partition coefficient (Wildman–Crippen LogP) is 3.75. The Labute approximate surface area is 197 Å². The van der Waals surface area contributed by atoms with Gasteiger partial charge in [0, 0.05) is 44.3 Å². The van der Waals surface area contributed by atoms with Gasteiger partial charge >= 0.3 is 0 Å². The van der Waals surface area contributed by atoms with Crippen molar-refractivity contribution in [3.8, 4) is 0 Å². The van der Waals surface area contributed by atoms with Gasteiger partial charge in [-0.2, -0.15) is 0 Å². The fraction of sp³-hybridized carbons (Fsp3) is 0.762. The van der Waals surface area contributed by atoms with Crippen LogP contribution in [0, 0.1) is 5.92 Å². The van der Waals surface area contributed by atoms with Crippen molar-refractivity contribution in [1.29, 1.82) is 0 Å². The number of nitrogens with zero attached hydrogens (tertiary/aromatic N) is 2. The number of guanidine groups is 1. The maximum absolute atomic E-state index is 5.73. The van der Waals surface area contributed by atoms with E-state index in [1.54, 1.807) is 0 Å². The number of ether oxygens (including phenoxy) is 2. The van der Waals surface area contributed by atoms with E-state index in [0.717, 1.165) is 64.9 Å². The van der Waals surface area contributed by atoms with Gasteiger partial charge in [-0.25, -0.2) is 0 Å². The molecule has 8 heteroatoms. The molecule has 0 aliphatic carbocycles. The van der Waals surface area contributed by atoms with Crippen LogP contribution < -0.4 is 10.6 Å². The fourth-order valence-corrected chi connectivity index (χ4v) is 4.07. The minimum absolute atomic E-state index is 0. The van der Waals surface area contributed by atoms with Crippen LogP contribution in [0.25, 0.3) is 0 Å². The molecule has 2 unspecified atom stereocenters. The molecule has 0 amide bonds. The number of morpholine rings is 1. The molecule has 0 spiro atoms. The highest BCUT2D eigenvalue weighted by Gasteiger charge is 2.26. The third-order valence-corrected chi connectivity index (χ3v) is 5.53. The lowest BCUT2D eigenvalue weighted by Gasteiger charge is -2.36. The molecule has 29 heavy (non-hydrogen) atoms. The predicted molar refractivity (Wildman–Crippen MR) is 134 cm³/mol. The van der Waals surface area contributed by atoms with E-state index < -0.39 is 0 Å². The van der Waals surface area contributed by atoms with Gasteiger partial charge in [0.1, 0.15) is 0 Å². The van der Waals surface area contributed by atoms with Crippen LogP contribution in [-0.4, -0.2) is 69.5 Å². The Morgan fingerprint density at radius 3 is 2.90 bits per heavy atom. The van der Waals surface area contributed by atoms with Crippen molar-refractivity contribution in [3.05, 3.63) is 22.4 Å². The van der Waals surface area contributed by atoms with Crippen LogP contribution in [0.4, 0.5) is 0 Å². The highest BCUT2D eigenvalue weighted by atomic mass is 127. The molecule has 1 fully saturated rings. The zero-order valence-corrected chi connectivity index (χ0v) is 21.5. The van der Waals surface area contributed by atoms with Crippen molar-refractivity contribution in [2.24, 2.45) is 10.9 Å². The Balaban J connectivity index is 0.00000420. The van der Waals surface area contributed by atoms with Crippen LogP contribution in [-0.2, 0) is 9.47 Å². The van der Waals surface area contributed by atoms with E-state index >= 15 is 0 Å². The van der Waals surface area contributed by atoms with Crippen molar-refractivity contribution in [2.75, 3.05) is 52.5 Å². The Bertz CT molecular complexity index is 557. The minimum atomic E-state index is 0. The summed E-state index contributed by atoms with van der Waals surface area (Å²) in [5.41, 5.74) is 0. The van der Waals surface area contributed by atoms with E-state index in [2.05, 4.69) is 60.7 Å². The quantitative estimate of drug-likeness (QED) is 0.195. The van der Waals surface area contributed by atoms with Crippen LogP contribution in [0.3, 0.4) is 0 Å². The van der Waals surface area contributed by atoms with Crippen LogP contribution in [0.5, 0.6) is 0 Å². The monoisotopic (exact) mass is 538 g/mol.